The number of nitrogens with zero attached hydrogens (tertiary/aromatic N) is 2. The Labute approximate surface area is 133 Å². The Hall–Kier alpha value is -1.52. The fourth-order valence-electron chi connectivity index (χ4n) is 3.29. The summed E-state index contributed by atoms with van der Waals surface area (Å²) in [7, 11) is 3.93. The van der Waals surface area contributed by atoms with Gasteiger partial charge < -0.3 is 19.5 Å². The molecule has 3 rings (SSSR count). The summed E-state index contributed by atoms with van der Waals surface area (Å²) < 4.78 is 5.33. The number of ether oxygens (including phenoxy) is 1. The van der Waals surface area contributed by atoms with E-state index in [-0.39, 0.29) is 0 Å². The van der Waals surface area contributed by atoms with Gasteiger partial charge >= 0.3 is 0 Å². The van der Waals surface area contributed by atoms with Crippen LogP contribution in [-0.4, -0.2) is 61.7 Å². The molecule has 0 bridgehead atoms. The van der Waals surface area contributed by atoms with E-state index in [1.807, 2.05) is 6.07 Å². The normalized spacial score (nSPS) is 17.2. The molecule has 0 radical (unpaired) electrons. The van der Waals surface area contributed by atoms with Crippen LogP contribution < -0.4 is 4.74 Å². The predicted octanol–water partition coefficient (Wildman–Crippen LogP) is 2.66. The number of nitrogens with one attached hydrogen (secondary N) is 1. The van der Waals surface area contributed by atoms with Crippen molar-refractivity contribution in [1.29, 1.82) is 0 Å². The van der Waals surface area contributed by atoms with Crippen LogP contribution in [0, 0.1) is 6.92 Å². The summed E-state index contributed by atoms with van der Waals surface area (Å²) in [6.07, 6.45) is 2.34. The van der Waals surface area contributed by atoms with Crippen molar-refractivity contribution in [2.45, 2.75) is 19.8 Å². The number of H-pyrrole nitrogens is 1. The summed E-state index contributed by atoms with van der Waals surface area (Å²) in [5.41, 5.74) is 3.96. The lowest BCUT2D eigenvalue weighted by Gasteiger charge is -2.32. The summed E-state index contributed by atoms with van der Waals surface area (Å²) in [6.45, 7) is 8.23. The average Bonchev–Trinajstić information content (AvgIpc) is 2.85. The van der Waals surface area contributed by atoms with E-state index in [1.54, 1.807) is 7.11 Å². The van der Waals surface area contributed by atoms with Gasteiger partial charge in [-0.1, -0.05) is 0 Å². The summed E-state index contributed by atoms with van der Waals surface area (Å²) in [5.74, 6) is 0.929. The average molecular weight is 301 g/mol. The highest BCUT2D eigenvalue weighted by atomic mass is 16.5. The Kier molecular flexibility index (Phi) is 4.69. The third kappa shape index (κ3) is 3.28. The summed E-state index contributed by atoms with van der Waals surface area (Å²) in [5, 5.41) is 1.29. The minimum absolute atomic E-state index is 0.929. The number of benzene rings is 1. The zero-order valence-electron chi connectivity index (χ0n) is 14.0. The molecule has 2 heterocycles. The minimum Gasteiger partial charge on any atom is -0.497 e. The van der Waals surface area contributed by atoms with Gasteiger partial charge in [0.25, 0.3) is 0 Å². The second-order valence-corrected chi connectivity index (χ2v) is 6.39. The molecule has 120 valence electrons. The molecule has 0 unspecified atom stereocenters. The Balaban J connectivity index is 1.60. The highest BCUT2D eigenvalue weighted by molar-refractivity contribution is 5.85. The summed E-state index contributed by atoms with van der Waals surface area (Å²) in [6, 6.07) is 6.27. The third-order valence-corrected chi connectivity index (χ3v) is 4.87. The second kappa shape index (κ2) is 6.71. The van der Waals surface area contributed by atoms with Crippen LogP contribution in [0.1, 0.15) is 17.7 Å². The van der Waals surface area contributed by atoms with Crippen molar-refractivity contribution in [1.82, 2.24) is 14.8 Å². The lowest BCUT2D eigenvalue weighted by atomic mass is 10.1. The van der Waals surface area contributed by atoms with Gasteiger partial charge in [0.05, 0.1) is 7.11 Å². The number of aryl methyl sites for hydroxylation is 2. The molecule has 1 fully saturated rings. The minimum atomic E-state index is 0.929. The van der Waals surface area contributed by atoms with E-state index in [0.29, 0.717) is 0 Å². The SMILES string of the molecule is COc1ccc2[nH]c(CCCN3CCN(C)CC3)c(C)c2c1. The van der Waals surface area contributed by atoms with Gasteiger partial charge in [0, 0.05) is 42.8 Å². The maximum absolute atomic E-state index is 5.33. The molecule has 4 nitrogen and oxygen atoms in total. The van der Waals surface area contributed by atoms with Crippen molar-refractivity contribution in [2.75, 3.05) is 46.9 Å². The number of aromatic nitrogens is 1. The Bertz CT molecular complexity index is 627. The maximum atomic E-state index is 5.33. The van der Waals surface area contributed by atoms with Crippen molar-refractivity contribution in [3.05, 3.63) is 29.5 Å². The molecule has 1 aromatic carbocycles. The van der Waals surface area contributed by atoms with E-state index in [4.69, 9.17) is 4.74 Å². The monoisotopic (exact) mass is 301 g/mol. The number of fused-ring (bicyclic) bond motifs is 1. The van der Waals surface area contributed by atoms with E-state index in [2.05, 4.69) is 40.9 Å². The van der Waals surface area contributed by atoms with Crippen molar-refractivity contribution in [3.8, 4) is 5.75 Å². The first-order chi connectivity index (χ1) is 10.7. The first-order valence-electron chi connectivity index (χ1n) is 8.23. The van der Waals surface area contributed by atoms with Gasteiger partial charge in [0.1, 0.15) is 5.75 Å². The first kappa shape index (κ1) is 15.4. The molecule has 22 heavy (non-hydrogen) atoms. The van der Waals surface area contributed by atoms with Gasteiger partial charge in [0.2, 0.25) is 0 Å². The smallest absolute Gasteiger partial charge is 0.119 e. The fourth-order valence-corrected chi connectivity index (χ4v) is 3.29. The molecule has 1 saturated heterocycles. The molecular weight excluding hydrogens is 274 g/mol. The molecule has 1 aromatic heterocycles. The summed E-state index contributed by atoms with van der Waals surface area (Å²) >= 11 is 0. The first-order valence-corrected chi connectivity index (χ1v) is 8.23. The van der Waals surface area contributed by atoms with Crippen molar-refractivity contribution in [2.24, 2.45) is 0 Å². The van der Waals surface area contributed by atoms with Crippen molar-refractivity contribution in [3.63, 3.8) is 0 Å². The quantitative estimate of drug-likeness (QED) is 0.921. The molecule has 0 amide bonds. The Morgan fingerprint density at radius 3 is 2.68 bits per heavy atom. The third-order valence-electron chi connectivity index (χ3n) is 4.87. The number of aromatic amines is 1. The molecule has 1 aliphatic rings. The van der Waals surface area contributed by atoms with Crippen molar-refractivity contribution >= 4 is 10.9 Å². The molecule has 4 heteroatoms. The second-order valence-electron chi connectivity index (χ2n) is 6.39. The van der Waals surface area contributed by atoms with Gasteiger partial charge in [-0.25, -0.2) is 0 Å². The molecule has 0 aliphatic carbocycles. The van der Waals surface area contributed by atoms with E-state index < -0.39 is 0 Å². The molecule has 1 aliphatic heterocycles. The van der Waals surface area contributed by atoms with Crippen molar-refractivity contribution < 1.29 is 4.74 Å². The van der Waals surface area contributed by atoms with E-state index in [9.17, 15) is 0 Å². The van der Waals surface area contributed by atoms with Gasteiger partial charge in [0.15, 0.2) is 0 Å². The van der Waals surface area contributed by atoms with Crippen LogP contribution in [0.5, 0.6) is 5.75 Å². The lowest BCUT2D eigenvalue weighted by Crippen LogP contribution is -2.44. The number of hydrogen-bond acceptors (Lipinski definition) is 3. The number of piperazine rings is 1. The molecule has 0 atom stereocenters. The lowest BCUT2D eigenvalue weighted by molar-refractivity contribution is 0.153. The zero-order valence-corrected chi connectivity index (χ0v) is 14.0. The molecular formula is C18H27N3O. The largest absolute Gasteiger partial charge is 0.497 e. The van der Waals surface area contributed by atoms with Gasteiger partial charge in [-0.3, -0.25) is 0 Å². The number of methoxy groups -OCH3 is 1. The molecule has 1 N–H and O–H groups in total. The molecule has 2 aromatic rings. The van der Waals surface area contributed by atoms with Gasteiger partial charge in [-0.05, 0) is 57.1 Å². The predicted molar refractivity (Wildman–Crippen MR) is 91.8 cm³/mol. The Morgan fingerprint density at radius 2 is 1.95 bits per heavy atom. The van der Waals surface area contributed by atoms with Crippen LogP contribution in [0.4, 0.5) is 0 Å². The van der Waals surface area contributed by atoms with Crippen LogP contribution in [-0.2, 0) is 6.42 Å². The number of hydrogen-bond donors (Lipinski definition) is 1. The number of likely N-dealkylation sites (N-methyl/N-ethyl adjacent to an activating group) is 1. The standard InChI is InChI=1S/C18H27N3O/c1-14-16-13-15(22-3)6-7-18(16)19-17(14)5-4-8-21-11-9-20(2)10-12-21/h6-7,13,19H,4-5,8-12H2,1-3H3. The Morgan fingerprint density at radius 1 is 1.18 bits per heavy atom. The van der Waals surface area contributed by atoms with Crippen LogP contribution in [0.25, 0.3) is 10.9 Å². The highest BCUT2D eigenvalue weighted by Crippen LogP contribution is 2.26. The zero-order chi connectivity index (χ0) is 15.5. The molecule has 0 spiro atoms. The van der Waals surface area contributed by atoms with Crippen LogP contribution in [0.2, 0.25) is 0 Å². The fraction of sp³-hybridized carbons (Fsp3) is 0.556. The van der Waals surface area contributed by atoms with E-state index >= 15 is 0 Å². The van der Waals surface area contributed by atoms with E-state index in [1.165, 1.54) is 61.3 Å². The summed E-state index contributed by atoms with van der Waals surface area (Å²) in [4.78, 5) is 8.57. The molecule has 0 saturated carbocycles. The highest BCUT2D eigenvalue weighted by Gasteiger charge is 2.14. The maximum Gasteiger partial charge on any atom is 0.119 e. The number of rotatable bonds is 5. The van der Waals surface area contributed by atoms with E-state index in [0.717, 1.165) is 12.2 Å². The van der Waals surface area contributed by atoms with Crippen LogP contribution >= 0.6 is 0 Å². The van der Waals surface area contributed by atoms with Gasteiger partial charge in [-0.15, -0.1) is 0 Å². The van der Waals surface area contributed by atoms with Crippen LogP contribution in [0.3, 0.4) is 0 Å². The van der Waals surface area contributed by atoms with Gasteiger partial charge in [-0.2, -0.15) is 0 Å². The van der Waals surface area contributed by atoms with Crippen LogP contribution in [0.15, 0.2) is 18.2 Å². The topological polar surface area (TPSA) is 31.5 Å².